The molecule has 2 aromatic rings. The number of benzene rings is 2. The molecule has 5 nitrogen and oxygen atoms in total. The molecule has 1 aliphatic rings. The number of fused-ring (bicyclic) bond motifs is 1. The van der Waals surface area contributed by atoms with Gasteiger partial charge in [-0.2, -0.15) is 0 Å². The summed E-state index contributed by atoms with van der Waals surface area (Å²) in [5.41, 5.74) is 1.08. The van der Waals surface area contributed by atoms with Gasteiger partial charge in [0, 0.05) is 18.5 Å². The normalized spacial score (nSPS) is 16.7. The third-order valence-corrected chi connectivity index (χ3v) is 3.87. The molecule has 0 saturated carbocycles. The molecule has 1 aliphatic heterocycles. The van der Waals surface area contributed by atoms with Gasteiger partial charge in [0.2, 0.25) is 5.91 Å². The monoisotopic (exact) mass is 346 g/mol. The fourth-order valence-corrected chi connectivity index (χ4v) is 2.77. The molecule has 0 aliphatic carbocycles. The zero-order valence-electron chi connectivity index (χ0n) is 13.5. The van der Waals surface area contributed by atoms with Crippen molar-refractivity contribution < 1.29 is 23.1 Å². The number of hydrogen-bond acceptors (Lipinski definition) is 3. The summed E-state index contributed by atoms with van der Waals surface area (Å²) in [6, 6.07) is 9.40. The Morgan fingerprint density at radius 1 is 1.28 bits per heavy atom. The van der Waals surface area contributed by atoms with Crippen LogP contribution >= 0.6 is 0 Å². The molecule has 3 rings (SSSR count). The van der Waals surface area contributed by atoms with E-state index in [1.54, 1.807) is 31.2 Å². The maximum absolute atomic E-state index is 13.6. The standard InChI is InChI=1S/C18H16F2N2O3/c1-11-8-17(23)21-14-4-2-3-5-15(14)22(11)18(24)10-25-16-7-6-12(19)9-13(16)20/h2-7,9,11H,8,10H2,1H3,(H,21,23). The summed E-state index contributed by atoms with van der Waals surface area (Å²) < 4.78 is 31.8. The van der Waals surface area contributed by atoms with Crippen molar-refractivity contribution >= 4 is 23.2 Å². The quantitative estimate of drug-likeness (QED) is 0.929. The van der Waals surface area contributed by atoms with Gasteiger partial charge in [-0.1, -0.05) is 12.1 Å². The van der Waals surface area contributed by atoms with Crippen LogP contribution in [-0.2, 0) is 9.59 Å². The summed E-state index contributed by atoms with van der Waals surface area (Å²) in [7, 11) is 0. The minimum absolute atomic E-state index is 0.130. The number of amides is 2. The Hall–Kier alpha value is -2.96. The molecule has 0 saturated heterocycles. The van der Waals surface area contributed by atoms with E-state index < -0.39 is 30.2 Å². The van der Waals surface area contributed by atoms with Gasteiger partial charge in [0.1, 0.15) is 5.82 Å². The average molecular weight is 346 g/mol. The summed E-state index contributed by atoms with van der Waals surface area (Å²) in [4.78, 5) is 26.0. The van der Waals surface area contributed by atoms with Crippen LogP contribution in [0.4, 0.5) is 20.2 Å². The summed E-state index contributed by atoms with van der Waals surface area (Å²) >= 11 is 0. The van der Waals surface area contributed by atoms with Gasteiger partial charge in [-0.05, 0) is 31.2 Å². The van der Waals surface area contributed by atoms with Crippen LogP contribution < -0.4 is 15.0 Å². The first-order chi connectivity index (χ1) is 12.0. The Morgan fingerprint density at radius 3 is 2.80 bits per heavy atom. The maximum Gasteiger partial charge on any atom is 0.265 e. The van der Waals surface area contributed by atoms with E-state index in [2.05, 4.69) is 5.32 Å². The first-order valence-electron chi connectivity index (χ1n) is 7.74. The molecule has 2 aromatic carbocycles. The van der Waals surface area contributed by atoms with Crippen LogP contribution in [0.15, 0.2) is 42.5 Å². The number of ether oxygens (including phenoxy) is 1. The van der Waals surface area contributed by atoms with Gasteiger partial charge in [-0.25, -0.2) is 8.78 Å². The first kappa shape index (κ1) is 16.9. The van der Waals surface area contributed by atoms with Crippen LogP contribution in [-0.4, -0.2) is 24.5 Å². The van der Waals surface area contributed by atoms with Crippen molar-refractivity contribution in [3.05, 3.63) is 54.1 Å². The molecule has 0 fully saturated rings. The number of hydrogen-bond donors (Lipinski definition) is 1. The Morgan fingerprint density at radius 2 is 2.04 bits per heavy atom. The van der Waals surface area contributed by atoms with Crippen molar-refractivity contribution in [2.45, 2.75) is 19.4 Å². The SMILES string of the molecule is CC1CC(=O)Nc2ccccc2N1C(=O)COc1ccc(F)cc1F. The van der Waals surface area contributed by atoms with Gasteiger partial charge < -0.3 is 15.0 Å². The number of halogens is 2. The predicted octanol–water partition coefficient (Wildman–Crippen LogP) is 3.11. The molecule has 0 aromatic heterocycles. The lowest BCUT2D eigenvalue weighted by Crippen LogP contribution is -2.41. The Kier molecular flexibility index (Phi) is 4.65. The van der Waals surface area contributed by atoms with Crippen LogP contribution in [0.1, 0.15) is 13.3 Å². The summed E-state index contributed by atoms with van der Waals surface area (Å²) in [6.07, 6.45) is 0.130. The van der Waals surface area contributed by atoms with Crippen molar-refractivity contribution in [1.29, 1.82) is 0 Å². The van der Waals surface area contributed by atoms with Crippen molar-refractivity contribution in [2.75, 3.05) is 16.8 Å². The number of carbonyl (C=O) groups is 2. The molecular formula is C18H16F2N2O3. The van der Waals surface area contributed by atoms with E-state index in [1.165, 1.54) is 4.90 Å². The van der Waals surface area contributed by atoms with Gasteiger partial charge >= 0.3 is 0 Å². The third-order valence-electron chi connectivity index (χ3n) is 3.87. The number of nitrogens with zero attached hydrogens (tertiary/aromatic N) is 1. The summed E-state index contributed by atoms with van der Waals surface area (Å²) in [6.45, 7) is 1.31. The Labute approximate surface area is 143 Å². The van der Waals surface area contributed by atoms with Crippen molar-refractivity contribution in [3.63, 3.8) is 0 Å². The van der Waals surface area contributed by atoms with Gasteiger partial charge in [-0.15, -0.1) is 0 Å². The molecule has 1 atom stereocenters. The third kappa shape index (κ3) is 3.60. The molecule has 2 amide bonds. The smallest absolute Gasteiger partial charge is 0.265 e. The van der Waals surface area contributed by atoms with Crippen LogP contribution in [0.25, 0.3) is 0 Å². The van der Waals surface area contributed by atoms with E-state index in [4.69, 9.17) is 4.74 Å². The lowest BCUT2D eigenvalue weighted by Gasteiger charge is -2.27. The van der Waals surface area contributed by atoms with E-state index in [9.17, 15) is 18.4 Å². The highest BCUT2D eigenvalue weighted by Crippen LogP contribution is 2.31. The van der Waals surface area contributed by atoms with E-state index in [1.807, 2.05) is 0 Å². The highest BCUT2D eigenvalue weighted by Gasteiger charge is 2.29. The molecular weight excluding hydrogens is 330 g/mol. The largest absolute Gasteiger partial charge is 0.481 e. The van der Waals surface area contributed by atoms with E-state index >= 15 is 0 Å². The van der Waals surface area contributed by atoms with Crippen LogP contribution in [0.3, 0.4) is 0 Å². The zero-order valence-corrected chi connectivity index (χ0v) is 13.5. The average Bonchev–Trinajstić information content (AvgIpc) is 2.68. The minimum Gasteiger partial charge on any atom is -0.481 e. The molecule has 1 N–H and O–H groups in total. The van der Waals surface area contributed by atoms with Gasteiger partial charge in [0.25, 0.3) is 5.91 Å². The molecule has 25 heavy (non-hydrogen) atoms. The van der Waals surface area contributed by atoms with E-state index in [0.717, 1.165) is 12.1 Å². The lowest BCUT2D eigenvalue weighted by molar-refractivity contribution is -0.121. The second kappa shape index (κ2) is 6.88. The number of rotatable bonds is 3. The van der Waals surface area contributed by atoms with Crippen molar-refractivity contribution in [1.82, 2.24) is 0 Å². The second-order valence-electron chi connectivity index (χ2n) is 5.75. The van der Waals surface area contributed by atoms with Crippen LogP contribution in [0.2, 0.25) is 0 Å². The summed E-state index contributed by atoms with van der Waals surface area (Å²) in [5, 5.41) is 2.75. The van der Waals surface area contributed by atoms with Crippen molar-refractivity contribution in [3.8, 4) is 5.75 Å². The Balaban J connectivity index is 1.81. The van der Waals surface area contributed by atoms with Gasteiger partial charge in [-0.3, -0.25) is 9.59 Å². The fourth-order valence-electron chi connectivity index (χ4n) is 2.77. The number of nitrogens with one attached hydrogen (secondary N) is 1. The maximum atomic E-state index is 13.6. The van der Waals surface area contributed by atoms with Crippen LogP contribution in [0.5, 0.6) is 5.75 Å². The molecule has 130 valence electrons. The van der Waals surface area contributed by atoms with Gasteiger partial charge in [0.15, 0.2) is 18.2 Å². The molecule has 0 radical (unpaired) electrons. The van der Waals surface area contributed by atoms with Crippen LogP contribution in [0, 0.1) is 11.6 Å². The lowest BCUT2D eigenvalue weighted by atomic mass is 10.1. The minimum atomic E-state index is -0.881. The second-order valence-corrected chi connectivity index (χ2v) is 5.75. The molecule has 1 heterocycles. The Bertz CT molecular complexity index is 826. The van der Waals surface area contributed by atoms with Crippen molar-refractivity contribution in [2.24, 2.45) is 0 Å². The zero-order chi connectivity index (χ0) is 18.0. The highest BCUT2D eigenvalue weighted by molar-refractivity contribution is 6.04. The predicted molar refractivity (Wildman–Crippen MR) is 88.5 cm³/mol. The number of carbonyl (C=O) groups excluding carboxylic acids is 2. The molecule has 1 unspecified atom stereocenters. The van der Waals surface area contributed by atoms with E-state index in [-0.39, 0.29) is 18.1 Å². The fraction of sp³-hybridized carbons (Fsp3) is 0.222. The topological polar surface area (TPSA) is 58.6 Å². The summed E-state index contributed by atoms with van der Waals surface area (Å²) in [5.74, 6) is -2.44. The van der Waals surface area contributed by atoms with E-state index in [0.29, 0.717) is 17.4 Å². The highest BCUT2D eigenvalue weighted by atomic mass is 19.1. The number of para-hydroxylation sites is 2. The molecule has 7 heteroatoms. The molecule has 0 bridgehead atoms. The first-order valence-corrected chi connectivity index (χ1v) is 7.74. The number of anilines is 2. The molecule has 0 spiro atoms. The van der Waals surface area contributed by atoms with Gasteiger partial charge in [0.05, 0.1) is 11.4 Å².